The highest BCUT2D eigenvalue weighted by Gasteiger charge is 2.14. The number of nitrogens with one attached hydrogen (secondary N) is 1. The van der Waals surface area contributed by atoms with Crippen molar-refractivity contribution in [2.24, 2.45) is 0 Å². The maximum Gasteiger partial charge on any atom is 0.325 e. The van der Waals surface area contributed by atoms with Crippen molar-refractivity contribution in [1.82, 2.24) is 10.2 Å². The quantitative estimate of drug-likeness (QED) is 0.714. The molecule has 0 aliphatic rings. The highest BCUT2D eigenvalue weighted by Crippen LogP contribution is 2.11. The summed E-state index contributed by atoms with van der Waals surface area (Å²) >= 11 is 0. The lowest BCUT2D eigenvalue weighted by molar-refractivity contribution is -0.150. The summed E-state index contributed by atoms with van der Waals surface area (Å²) in [6.07, 6.45) is 0. The van der Waals surface area contributed by atoms with Crippen molar-refractivity contribution in [1.29, 1.82) is 0 Å². The van der Waals surface area contributed by atoms with Gasteiger partial charge in [0.2, 0.25) is 0 Å². The van der Waals surface area contributed by atoms with Crippen molar-refractivity contribution in [2.45, 2.75) is 6.54 Å². The van der Waals surface area contributed by atoms with Crippen molar-refractivity contribution >= 4 is 17.8 Å². The molecule has 0 unspecified atom stereocenters. The van der Waals surface area contributed by atoms with Crippen LogP contribution in [0.5, 0.6) is 5.75 Å². The van der Waals surface area contributed by atoms with Crippen molar-refractivity contribution in [2.75, 3.05) is 27.3 Å². The molecule has 0 aliphatic heterocycles. The van der Waals surface area contributed by atoms with Gasteiger partial charge < -0.3 is 19.7 Å². The molecular weight excluding hydrogens is 348 g/mol. The smallest absolute Gasteiger partial charge is 0.325 e. The van der Waals surface area contributed by atoms with E-state index in [-0.39, 0.29) is 19.1 Å². The van der Waals surface area contributed by atoms with Crippen LogP contribution in [0.25, 0.3) is 0 Å². The largest absolute Gasteiger partial charge is 0.497 e. The van der Waals surface area contributed by atoms with Crippen LogP contribution in [-0.4, -0.2) is 50.0 Å². The first-order chi connectivity index (χ1) is 13.0. The van der Waals surface area contributed by atoms with E-state index in [9.17, 15) is 14.4 Å². The van der Waals surface area contributed by atoms with Gasteiger partial charge >= 0.3 is 5.97 Å². The van der Waals surface area contributed by atoms with Crippen molar-refractivity contribution < 1.29 is 23.9 Å². The number of ether oxygens (including phenoxy) is 2. The van der Waals surface area contributed by atoms with Gasteiger partial charge in [-0.3, -0.25) is 14.4 Å². The number of benzene rings is 2. The van der Waals surface area contributed by atoms with E-state index in [2.05, 4.69) is 5.32 Å². The molecule has 7 heteroatoms. The lowest BCUT2D eigenvalue weighted by Gasteiger charge is -2.17. The van der Waals surface area contributed by atoms with E-state index in [0.29, 0.717) is 17.9 Å². The summed E-state index contributed by atoms with van der Waals surface area (Å²) < 4.78 is 9.94. The Balaban J connectivity index is 1.71. The van der Waals surface area contributed by atoms with Gasteiger partial charge in [0.1, 0.15) is 12.3 Å². The molecule has 27 heavy (non-hydrogen) atoms. The molecule has 0 aromatic heterocycles. The van der Waals surface area contributed by atoms with Gasteiger partial charge in [-0.1, -0.05) is 30.3 Å². The van der Waals surface area contributed by atoms with Gasteiger partial charge in [-0.2, -0.15) is 0 Å². The average Bonchev–Trinajstić information content (AvgIpc) is 2.70. The van der Waals surface area contributed by atoms with E-state index in [1.165, 1.54) is 12.0 Å². The number of hydrogen-bond acceptors (Lipinski definition) is 5. The molecule has 142 valence electrons. The molecule has 2 aromatic carbocycles. The Hall–Kier alpha value is -3.35. The second-order valence-electron chi connectivity index (χ2n) is 5.81. The van der Waals surface area contributed by atoms with Crippen LogP contribution in [0.4, 0.5) is 0 Å². The Labute approximate surface area is 157 Å². The van der Waals surface area contributed by atoms with Crippen LogP contribution < -0.4 is 10.1 Å². The van der Waals surface area contributed by atoms with Gasteiger partial charge in [-0.15, -0.1) is 0 Å². The van der Waals surface area contributed by atoms with Crippen LogP contribution in [0.2, 0.25) is 0 Å². The predicted octanol–water partition coefficient (Wildman–Crippen LogP) is 1.63. The van der Waals surface area contributed by atoms with Crippen LogP contribution in [0.3, 0.4) is 0 Å². The molecular formula is C20H22N2O5. The normalized spacial score (nSPS) is 10.0. The summed E-state index contributed by atoms with van der Waals surface area (Å²) in [7, 11) is 3.16. The van der Waals surface area contributed by atoms with Crippen molar-refractivity contribution in [3.05, 3.63) is 65.7 Å². The first kappa shape index (κ1) is 20.0. The van der Waals surface area contributed by atoms with Crippen LogP contribution in [-0.2, 0) is 20.9 Å². The minimum absolute atomic E-state index is 0.319. The summed E-state index contributed by atoms with van der Waals surface area (Å²) in [5.74, 6) is -0.793. The van der Waals surface area contributed by atoms with E-state index in [1.807, 2.05) is 30.3 Å². The molecule has 2 amide bonds. The number of hydrogen-bond donors (Lipinski definition) is 1. The standard InChI is InChI=1S/C20H22N2O5/c1-22(13-15-6-4-3-5-7-15)18(23)14-27-19(24)12-21-20(25)16-8-10-17(26-2)11-9-16/h3-11H,12-14H2,1-2H3,(H,21,25). The molecule has 7 nitrogen and oxygen atoms in total. The van der Waals surface area contributed by atoms with Gasteiger partial charge in [0.25, 0.3) is 11.8 Å². The number of nitrogens with zero attached hydrogens (tertiary/aromatic N) is 1. The maximum absolute atomic E-state index is 12.0. The average molecular weight is 370 g/mol. The number of esters is 1. The first-order valence-electron chi connectivity index (χ1n) is 8.35. The number of carbonyl (C=O) groups excluding carboxylic acids is 3. The Kier molecular flexibility index (Phi) is 7.37. The zero-order chi connectivity index (χ0) is 19.6. The third-order valence-corrected chi connectivity index (χ3v) is 3.79. The van der Waals surface area contributed by atoms with Gasteiger partial charge in [0.05, 0.1) is 7.11 Å². The van der Waals surface area contributed by atoms with E-state index in [4.69, 9.17) is 9.47 Å². The highest BCUT2D eigenvalue weighted by molar-refractivity contribution is 5.96. The van der Waals surface area contributed by atoms with Gasteiger partial charge in [-0.25, -0.2) is 0 Å². The van der Waals surface area contributed by atoms with Gasteiger partial charge in [0, 0.05) is 19.2 Å². The summed E-state index contributed by atoms with van der Waals surface area (Å²) in [5.41, 5.74) is 1.37. The van der Waals surface area contributed by atoms with Crippen LogP contribution in [0, 0.1) is 0 Å². The first-order valence-corrected chi connectivity index (χ1v) is 8.35. The number of methoxy groups -OCH3 is 1. The van der Waals surface area contributed by atoms with Crippen LogP contribution in [0.15, 0.2) is 54.6 Å². The highest BCUT2D eigenvalue weighted by atomic mass is 16.5. The van der Waals surface area contributed by atoms with Gasteiger partial charge in [0.15, 0.2) is 6.61 Å². The SMILES string of the molecule is COc1ccc(C(=O)NCC(=O)OCC(=O)N(C)Cc2ccccc2)cc1. The molecule has 0 bridgehead atoms. The lowest BCUT2D eigenvalue weighted by atomic mass is 10.2. The monoisotopic (exact) mass is 370 g/mol. The van der Waals surface area contributed by atoms with Crippen molar-refractivity contribution in [3.63, 3.8) is 0 Å². The van der Waals surface area contributed by atoms with Crippen LogP contribution >= 0.6 is 0 Å². The molecule has 2 aromatic rings. The molecule has 0 heterocycles. The second-order valence-corrected chi connectivity index (χ2v) is 5.81. The zero-order valence-electron chi connectivity index (χ0n) is 15.3. The number of amides is 2. The number of likely N-dealkylation sites (N-methyl/N-ethyl adjacent to an activating group) is 1. The third-order valence-electron chi connectivity index (χ3n) is 3.79. The van der Waals surface area contributed by atoms with E-state index in [0.717, 1.165) is 5.56 Å². The summed E-state index contributed by atoms with van der Waals surface area (Å²) in [5, 5.41) is 2.45. The minimum Gasteiger partial charge on any atom is -0.497 e. The van der Waals surface area contributed by atoms with E-state index < -0.39 is 11.9 Å². The molecule has 2 rings (SSSR count). The van der Waals surface area contributed by atoms with E-state index in [1.54, 1.807) is 31.3 Å². The Bertz CT molecular complexity index is 775. The molecule has 1 N–H and O–H groups in total. The molecule has 0 saturated heterocycles. The number of carbonyl (C=O) groups is 3. The van der Waals surface area contributed by atoms with Crippen molar-refractivity contribution in [3.8, 4) is 5.75 Å². The molecule has 0 saturated carbocycles. The number of rotatable bonds is 8. The molecule has 0 fully saturated rings. The summed E-state index contributed by atoms with van der Waals surface area (Å²) in [6, 6.07) is 16.0. The fourth-order valence-corrected chi connectivity index (χ4v) is 2.25. The fraction of sp³-hybridized carbons (Fsp3) is 0.250. The second kappa shape index (κ2) is 9.96. The predicted molar refractivity (Wildman–Crippen MR) is 99.2 cm³/mol. The summed E-state index contributed by atoms with van der Waals surface area (Å²) in [6.45, 7) is -0.271. The molecule has 0 atom stereocenters. The topological polar surface area (TPSA) is 84.9 Å². The maximum atomic E-state index is 12.0. The Morgan fingerprint density at radius 1 is 1.00 bits per heavy atom. The van der Waals surface area contributed by atoms with Gasteiger partial charge in [-0.05, 0) is 29.8 Å². The Morgan fingerprint density at radius 3 is 2.30 bits per heavy atom. The minimum atomic E-state index is -0.682. The zero-order valence-corrected chi connectivity index (χ0v) is 15.3. The Morgan fingerprint density at radius 2 is 1.67 bits per heavy atom. The van der Waals surface area contributed by atoms with E-state index >= 15 is 0 Å². The van der Waals surface area contributed by atoms with Crippen LogP contribution in [0.1, 0.15) is 15.9 Å². The lowest BCUT2D eigenvalue weighted by Crippen LogP contribution is -2.34. The fourth-order valence-electron chi connectivity index (χ4n) is 2.25. The molecule has 0 radical (unpaired) electrons. The summed E-state index contributed by atoms with van der Waals surface area (Å²) in [4.78, 5) is 37.2. The molecule has 0 aliphatic carbocycles. The third kappa shape index (κ3) is 6.47. The molecule has 0 spiro atoms.